The summed E-state index contributed by atoms with van der Waals surface area (Å²) in [5.74, 6) is -0.755. The van der Waals surface area contributed by atoms with Crippen molar-refractivity contribution in [3.63, 3.8) is 0 Å². The number of phenolic OH excluding ortho intramolecular Hbond substituents is 1. The highest BCUT2D eigenvalue weighted by Gasteiger charge is 2.19. The van der Waals surface area contributed by atoms with Crippen molar-refractivity contribution in [1.29, 1.82) is 0 Å². The van der Waals surface area contributed by atoms with Gasteiger partial charge in [0.2, 0.25) is 0 Å². The molecule has 0 aliphatic rings. The summed E-state index contributed by atoms with van der Waals surface area (Å²) >= 11 is 6.07. The van der Waals surface area contributed by atoms with Crippen molar-refractivity contribution < 1.29 is 18.3 Å². The number of sulfonamides is 1. The number of halogens is 1. The van der Waals surface area contributed by atoms with E-state index >= 15 is 0 Å². The Labute approximate surface area is 161 Å². The zero-order valence-electron chi connectivity index (χ0n) is 13.9. The quantitative estimate of drug-likeness (QED) is 0.560. The normalized spacial score (nSPS) is 11.0. The lowest BCUT2D eigenvalue weighted by atomic mass is 10.2. The Hall–Kier alpha value is -3.03. The van der Waals surface area contributed by atoms with E-state index in [1.165, 1.54) is 30.3 Å². The van der Waals surface area contributed by atoms with Crippen LogP contribution in [-0.4, -0.2) is 19.4 Å². The van der Waals surface area contributed by atoms with Crippen molar-refractivity contribution >= 4 is 38.9 Å². The third-order valence-corrected chi connectivity index (χ3v) is 5.38. The molecule has 0 radical (unpaired) electrons. The molecule has 0 aliphatic carbocycles. The van der Waals surface area contributed by atoms with Gasteiger partial charge >= 0.3 is 0 Å². The summed E-state index contributed by atoms with van der Waals surface area (Å²) in [5.41, 5.74) is 0.553. The van der Waals surface area contributed by atoms with Crippen LogP contribution in [0, 0.1) is 0 Å². The van der Waals surface area contributed by atoms with Gasteiger partial charge in [0.15, 0.2) is 0 Å². The first-order valence-electron chi connectivity index (χ1n) is 7.83. The molecule has 3 N–H and O–H groups in total. The van der Waals surface area contributed by atoms with E-state index in [-0.39, 0.29) is 26.9 Å². The van der Waals surface area contributed by atoms with Gasteiger partial charge in [-0.15, -0.1) is 0 Å². The minimum absolute atomic E-state index is 0.0316. The second kappa shape index (κ2) is 7.69. The molecular weight excluding hydrogens is 388 g/mol. The van der Waals surface area contributed by atoms with Gasteiger partial charge in [0.1, 0.15) is 5.75 Å². The number of anilines is 2. The topological polar surface area (TPSA) is 95.5 Å². The smallest absolute Gasteiger partial charge is 0.261 e. The molecule has 0 spiro atoms. The predicted molar refractivity (Wildman–Crippen MR) is 105 cm³/mol. The first-order chi connectivity index (χ1) is 12.9. The van der Waals surface area contributed by atoms with E-state index in [1.807, 2.05) is 0 Å². The lowest BCUT2D eigenvalue weighted by Crippen LogP contribution is -2.16. The van der Waals surface area contributed by atoms with Gasteiger partial charge in [-0.1, -0.05) is 41.9 Å². The Morgan fingerprint density at radius 3 is 2.30 bits per heavy atom. The van der Waals surface area contributed by atoms with Gasteiger partial charge in [0, 0.05) is 5.69 Å². The van der Waals surface area contributed by atoms with E-state index in [9.17, 15) is 18.3 Å². The number of phenols is 1. The fourth-order valence-corrected chi connectivity index (χ4v) is 3.62. The minimum atomic E-state index is -3.91. The molecule has 3 aromatic carbocycles. The number of nitrogens with one attached hydrogen (secondary N) is 2. The van der Waals surface area contributed by atoms with Gasteiger partial charge in [-0.25, -0.2) is 8.42 Å². The first kappa shape index (κ1) is 18.8. The van der Waals surface area contributed by atoms with Gasteiger partial charge in [0.25, 0.3) is 15.9 Å². The van der Waals surface area contributed by atoms with Crippen molar-refractivity contribution in [2.75, 3.05) is 10.0 Å². The van der Waals surface area contributed by atoms with Gasteiger partial charge in [-0.3, -0.25) is 9.52 Å². The summed E-state index contributed by atoms with van der Waals surface area (Å²) in [4.78, 5) is 12.4. The summed E-state index contributed by atoms with van der Waals surface area (Å²) in [6, 6.07) is 18.4. The summed E-state index contributed by atoms with van der Waals surface area (Å²) in [6.07, 6.45) is 0. The molecule has 3 aromatic rings. The Kier molecular flexibility index (Phi) is 5.34. The third-order valence-electron chi connectivity index (χ3n) is 3.67. The molecule has 0 aromatic heterocycles. The molecule has 0 saturated heterocycles. The molecular formula is C19H15ClN2O4S. The number of carbonyl (C=O) groups is 1. The summed E-state index contributed by atoms with van der Waals surface area (Å²) < 4.78 is 27.6. The van der Waals surface area contributed by atoms with Gasteiger partial charge in [0.05, 0.1) is 21.2 Å². The van der Waals surface area contributed by atoms with Gasteiger partial charge < -0.3 is 10.4 Å². The molecule has 138 valence electrons. The van der Waals surface area contributed by atoms with Crippen LogP contribution in [0.2, 0.25) is 5.02 Å². The van der Waals surface area contributed by atoms with Crippen LogP contribution < -0.4 is 10.0 Å². The Balaban J connectivity index is 1.90. The van der Waals surface area contributed by atoms with E-state index in [0.717, 1.165) is 0 Å². The Morgan fingerprint density at radius 1 is 0.926 bits per heavy atom. The second-order valence-electron chi connectivity index (χ2n) is 5.58. The lowest BCUT2D eigenvalue weighted by molar-refractivity contribution is 0.102. The molecule has 0 bridgehead atoms. The van der Waals surface area contributed by atoms with Crippen LogP contribution in [0.5, 0.6) is 5.75 Å². The Bertz CT molecular complexity index is 1090. The molecule has 1 amide bonds. The highest BCUT2D eigenvalue weighted by molar-refractivity contribution is 7.92. The van der Waals surface area contributed by atoms with Crippen molar-refractivity contribution in [3.8, 4) is 5.75 Å². The van der Waals surface area contributed by atoms with Crippen LogP contribution in [-0.2, 0) is 10.0 Å². The van der Waals surface area contributed by atoms with Crippen LogP contribution in [0.15, 0.2) is 77.7 Å². The molecule has 0 atom stereocenters. The van der Waals surface area contributed by atoms with Crippen LogP contribution in [0.1, 0.15) is 10.4 Å². The van der Waals surface area contributed by atoms with E-state index in [0.29, 0.717) is 5.69 Å². The molecule has 0 saturated carbocycles. The highest BCUT2D eigenvalue weighted by atomic mass is 35.5. The van der Waals surface area contributed by atoms with Crippen molar-refractivity contribution in [1.82, 2.24) is 0 Å². The van der Waals surface area contributed by atoms with Crippen LogP contribution in [0.25, 0.3) is 0 Å². The van der Waals surface area contributed by atoms with Crippen molar-refractivity contribution in [2.24, 2.45) is 0 Å². The van der Waals surface area contributed by atoms with E-state index in [2.05, 4.69) is 10.0 Å². The second-order valence-corrected chi connectivity index (χ2v) is 7.67. The number of para-hydroxylation sites is 3. The first-order valence-corrected chi connectivity index (χ1v) is 9.70. The number of amides is 1. The Morgan fingerprint density at radius 2 is 1.59 bits per heavy atom. The third kappa shape index (κ3) is 4.39. The van der Waals surface area contributed by atoms with Crippen LogP contribution >= 0.6 is 11.6 Å². The number of hydrogen-bond acceptors (Lipinski definition) is 4. The maximum atomic E-state index is 12.6. The van der Waals surface area contributed by atoms with Crippen LogP contribution in [0.3, 0.4) is 0 Å². The number of carbonyl (C=O) groups excluding carboxylic acids is 1. The molecule has 0 fully saturated rings. The molecule has 27 heavy (non-hydrogen) atoms. The molecule has 0 unspecified atom stereocenters. The van der Waals surface area contributed by atoms with Crippen molar-refractivity contribution in [3.05, 3.63) is 83.4 Å². The van der Waals surface area contributed by atoms with E-state index < -0.39 is 15.9 Å². The largest absolute Gasteiger partial charge is 0.506 e. The van der Waals surface area contributed by atoms with E-state index in [4.69, 9.17) is 11.6 Å². The maximum absolute atomic E-state index is 12.6. The number of aromatic hydroxyl groups is 1. The fraction of sp³-hybridized carbons (Fsp3) is 0. The van der Waals surface area contributed by atoms with Crippen molar-refractivity contribution in [2.45, 2.75) is 4.90 Å². The SMILES string of the molecule is O=C(Nc1ccccc1O)c1cc(S(=O)(=O)Nc2ccccc2)ccc1Cl. The fourth-order valence-electron chi connectivity index (χ4n) is 2.33. The predicted octanol–water partition coefficient (Wildman–Crippen LogP) is 4.10. The molecule has 6 nitrogen and oxygen atoms in total. The lowest BCUT2D eigenvalue weighted by Gasteiger charge is -2.11. The zero-order chi connectivity index (χ0) is 19.4. The standard InChI is InChI=1S/C19H15ClN2O4S/c20-16-11-10-14(27(25,26)22-13-6-2-1-3-7-13)12-15(16)19(24)21-17-8-4-5-9-18(17)23/h1-12,22-23H,(H,21,24). The molecule has 0 heterocycles. The summed E-state index contributed by atoms with van der Waals surface area (Å²) in [6.45, 7) is 0. The molecule has 8 heteroatoms. The number of rotatable bonds is 5. The van der Waals surface area contributed by atoms with Gasteiger partial charge in [-0.2, -0.15) is 0 Å². The summed E-state index contributed by atoms with van der Waals surface area (Å²) in [5, 5.41) is 12.4. The molecule has 3 rings (SSSR count). The number of hydrogen-bond donors (Lipinski definition) is 3. The zero-order valence-corrected chi connectivity index (χ0v) is 15.5. The van der Waals surface area contributed by atoms with Crippen LogP contribution in [0.4, 0.5) is 11.4 Å². The maximum Gasteiger partial charge on any atom is 0.261 e. The minimum Gasteiger partial charge on any atom is -0.506 e. The van der Waals surface area contributed by atoms with Gasteiger partial charge in [-0.05, 0) is 42.5 Å². The summed E-state index contributed by atoms with van der Waals surface area (Å²) in [7, 11) is -3.91. The number of benzene rings is 3. The molecule has 0 aliphatic heterocycles. The van der Waals surface area contributed by atoms with E-state index in [1.54, 1.807) is 42.5 Å². The average molecular weight is 403 g/mol. The monoisotopic (exact) mass is 402 g/mol. The highest BCUT2D eigenvalue weighted by Crippen LogP contribution is 2.26. The average Bonchev–Trinajstić information content (AvgIpc) is 2.64.